The van der Waals surface area contributed by atoms with Crippen molar-refractivity contribution in [2.24, 2.45) is 16.6 Å². The highest BCUT2D eigenvalue weighted by Gasteiger charge is 2.33. The molecule has 6 nitrogen and oxygen atoms in total. The third-order valence-electron chi connectivity index (χ3n) is 3.98. The molecule has 1 atom stereocenters. The smallest absolute Gasteiger partial charge is 0.370 e. The minimum Gasteiger partial charge on any atom is -0.370 e. The second-order valence-electron chi connectivity index (χ2n) is 5.97. The molecule has 0 aliphatic carbocycles. The van der Waals surface area contributed by atoms with Gasteiger partial charge in [-0.2, -0.15) is 13.2 Å². The summed E-state index contributed by atoms with van der Waals surface area (Å²) in [6.45, 7) is 1.96. The fourth-order valence-corrected chi connectivity index (χ4v) is 3.68. The highest BCUT2D eigenvalue weighted by Crippen LogP contribution is 2.30. The maximum atomic E-state index is 12.5. The molecular weight excluding hydrogens is 355 g/mol. The van der Waals surface area contributed by atoms with Gasteiger partial charge in [0, 0.05) is 44.9 Å². The SMILES string of the molecule is CN=C(NCCc1nc(C(F)(F)F)cs1)N1CCCC(CC(N)=O)C1. The van der Waals surface area contributed by atoms with E-state index in [1.165, 1.54) is 0 Å². The number of nitrogens with zero attached hydrogens (tertiary/aromatic N) is 3. The number of amides is 1. The van der Waals surface area contributed by atoms with E-state index in [0.29, 0.717) is 36.9 Å². The molecule has 1 fully saturated rings. The normalized spacial score (nSPS) is 19.1. The minimum absolute atomic E-state index is 0.207. The fraction of sp³-hybridized carbons (Fsp3) is 0.667. The van der Waals surface area contributed by atoms with E-state index in [9.17, 15) is 18.0 Å². The van der Waals surface area contributed by atoms with Gasteiger partial charge in [0.25, 0.3) is 0 Å². The van der Waals surface area contributed by atoms with Gasteiger partial charge in [-0.1, -0.05) is 0 Å². The Hall–Kier alpha value is -1.84. The molecule has 1 unspecified atom stereocenters. The summed E-state index contributed by atoms with van der Waals surface area (Å²) in [5.41, 5.74) is 4.42. The first-order valence-electron chi connectivity index (χ1n) is 8.05. The topological polar surface area (TPSA) is 83.6 Å². The van der Waals surface area contributed by atoms with Gasteiger partial charge in [-0.3, -0.25) is 9.79 Å². The molecule has 0 saturated carbocycles. The maximum absolute atomic E-state index is 12.5. The largest absolute Gasteiger partial charge is 0.434 e. The molecule has 2 rings (SSSR count). The average Bonchev–Trinajstić information content (AvgIpc) is 3.00. The Bertz CT molecular complexity index is 617. The third kappa shape index (κ3) is 5.87. The van der Waals surface area contributed by atoms with Crippen LogP contribution in [0.4, 0.5) is 13.2 Å². The molecule has 10 heteroatoms. The number of primary amides is 1. The van der Waals surface area contributed by atoms with Gasteiger partial charge in [0.15, 0.2) is 11.7 Å². The van der Waals surface area contributed by atoms with Crippen molar-refractivity contribution in [2.75, 3.05) is 26.7 Å². The Morgan fingerprint density at radius 1 is 1.56 bits per heavy atom. The van der Waals surface area contributed by atoms with Gasteiger partial charge in [-0.25, -0.2) is 4.98 Å². The van der Waals surface area contributed by atoms with Gasteiger partial charge in [0.2, 0.25) is 5.91 Å². The number of thiazole rings is 1. The number of hydrogen-bond acceptors (Lipinski definition) is 4. The molecule has 1 amide bonds. The number of aliphatic imine (C=N–C) groups is 1. The summed E-state index contributed by atoms with van der Waals surface area (Å²) >= 11 is 1.00. The van der Waals surface area contributed by atoms with E-state index in [0.717, 1.165) is 36.1 Å². The lowest BCUT2D eigenvalue weighted by atomic mass is 9.95. The van der Waals surface area contributed by atoms with Crippen LogP contribution >= 0.6 is 11.3 Å². The highest BCUT2D eigenvalue weighted by atomic mass is 32.1. The van der Waals surface area contributed by atoms with Crippen LogP contribution in [-0.4, -0.2) is 48.4 Å². The first-order chi connectivity index (χ1) is 11.8. The predicted octanol–water partition coefficient (Wildman–Crippen LogP) is 1.87. The molecule has 1 saturated heterocycles. The number of nitrogens with one attached hydrogen (secondary N) is 1. The molecule has 0 bridgehead atoms. The highest BCUT2D eigenvalue weighted by molar-refractivity contribution is 7.09. The van der Waals surface area contributed by atoms with Gasteiger partial charge in [0.1, 0.15) is 0 Å². The van der Waals surface area contributed by atoms with Crippen LogP contribution in [0.5, 0.6) is 0 Å². The van der Waals surface area contributed by atoms with E-state index in [1.807, 2.05) is 0 Å². The van der Waals surface area contributed by atoms with Crippen molar-refractivity contribution < 1.29 is 18.0 Å². The minimum atomic E-state index is -4.40. The second kappa shape index (κ2) is 8.50. The van der Waals surface area contributed by atoms with Crippen LogP contribution in [0.1, 0.15) is 30.0 Å². The fourth-order valence-electron chi connectivity index (χ4n) is 2.88. The Labute approximate surface area is 148 Å². The van der Waals surface area contributed by atoms with Crippen molar-refractivity contribution in [1.29, 1.82) is 0 Å². The number of carbonyl (C=O) groups excluding carboxylic acids is 1. The van der Waals surface area contributed by atoms with Crippen LogP contribution in [0.2, 0.25) is 0 Å². The maximum Gasteiger partial charge on any atom is 0.434 e. The number of aromatic nitrogens is 1. The average molecular weight is 377 g/mol. The van der Waals surface area contributed by atoms with E-state index in [2.05, 4.69) is 20.2 Å². The quantitative estimate of drug-likeness (QED) is 0.606. The zero-order chi connectivity index (χ0) is 18.4. The van der Waals surface area contributed by atoms with Crippen LogP contribution < -0.4 is 11.1 Å². The van der Waals surface area contributed by atoms with E-state index in [-0.39, 0.29) is 11.8 Å². The standard InChI is InChI=1S/C15H22F3N5OS/c1-20-14(23-6-2-3-10(8-23)7-12(19)24)21-5-4-13-22-11(9-25-13)15(16,17)18/h9-10H,2-8H2,1H3,(H2,19,24)(H,20,21). The zero-order valence-electron chi connectivity index (χ0n) is 14.0. The molecule has 140 valence electrons. The van der Waals surface area contributed by atoms with Gasteiger partial charge < -0.3 is 16.0 Å². The van der Waals surface area contributed by atoms with Crippen molar-refractivity contribution in [3.8, 4) is 0 Å². The Morgan fingerprint density at radius 3 is 2.92 bits per heavy atom. The summed E-state index contributed by atoms with van der Waals surface area (Å²) in [5, 5.41) is 4.62. The Balaban J connectivity index is 1.84. The van der Waals surface area contributed by atoms with Crippen LogP contribution in [0.25, 0.3) is 0 Å². The molecule has 1 aromatic heterocycles. The number of hydrogen-bond donors (Lipinski definition) is 2. The van der Waals surface area contributed by atoms with E-state index in [4.69, 9.17) is 5.73 Å². The molecule has 1 aliphatic rings. The number of carbonyl (C=O) groups is 1. The lowest BCUT2D eigenvalue weighted by molar-refractivity contribution is -0.140. The molecular formula is C15H22F3N5OS. The summed E-state index contributed by atoms with van der Waals surface area (Å²) < 4.78 is 37.6. The Kier molecular flexibility index (Phi) is 6.63. The summed E-state index contributed by atoms with van der Waals surface area (Å²) in [7, 11) is 1.66. The number of piperidine rings is 1. The lowest BCUT2D eigenvalue weighted by Gasteiger charge is -2.34. The van der Waals surface area contributed by atoms with Crippen molar-refractivity contribution >= 4 is 23.2 Å². The van der Waals surface area contributed by atoms with Crippen molar-refractivity contribution in [3.63, 3.8) is 0 Å². The number of guanidine groups is 1. The number of likely N-dealkylation sites (tertiary alicyclic amines) is 1. The second-order valence-corrected chi connectivity index (χ2v) is 6.92. The monoisotopic (exact) mass is 377 g/mol. The first-order valence-corrected chi connectivity index (χ1v) is 8.93. The summed E-state index contributed by atoms with van der Waals surface area (Å²) in [4.78, 5) is 21.0. The lowest BCUT2D eigenvalue weighted by Crippen LogP contribution is -2.47. The van der Waals surface area contributed by atoms with Crippen LogP contribution in [0.15, 0.2) is 10.4 Å². The number of alkyl halides is 3. The van der Waals surface area contributed by atoms with Gasteiger partial charge in [-0.15, -0.1) is 11.3 Å². The van der Waals surface area contributed by atoms with E-state index < -0.39 is 11.9 Å². The molecule has 2 heterocycles. The van der Waals surface area contributed by atoms with Gasteiger partial charge >= 0.3 is 6.18 Å². The van der Waals surface area contributed by atoms with E-state index >= 15 is 0 Å². The number of halogens is 3. The molecule has 0 radical (unpaired) electrons. The van der Waals surface area contributed by atoms with Crippen LogP contribution in [0.3, 0.4) is 0 Å². The van der Waals surface area contributed by atoms with Crippen LogP contribution in [-0.2, 0) is 17.4 Å². The van der Waals surface area contributed by atoms with Gasteiger partial charge in [-0.05, 0) is 18.8 Å². The zero-order valence-corrected chi connectivity index (χ0v) is 14.8. The predicted molar refractivity (Wildman–Crippen MR) is 90.3 cm³/mol. The third-order valence-corrected chi connectivity index (χ3v) is 4.89. The molecule has 1 aliphatic heterocycles. The summed E-state index contributed by atoms with van der Waals surface area (Å²) in [6, 6.07) is 0. The van der Waals surface area contributed by atoms with E-state index in [1.54, 1.807) is 7.05 Å². The summed E-state index contributed by atoms with van der Waals surface area (Å²) in [5.74, 6) is 0.582. The number of rotatable bonds is 5. The van der Waals surface area contributed by atoms with Gasteiger partial charge in [0.05, 0.1) is 5.01 Å². The molecule has 0 spiro atoms. The first kappa shape index (κ1) is 19.5. The Morgan fingerprint density at radius 2 is 2.32 bits per heavy atom. The summed E-state index contributed by atoms with van der Waals surface area (Å²) in [6.07, 6.45) is -1.76. The molecule has 1 aromatic rings. The van der Waals surface area contributed by atoms with Crippen molar-refractivity contribution in [3.05, 3.63) is 16.1 Å². The van der Waals surface area contributed by atoms with Crippen molar-refractivity contribution in [2.45, 2.75) is 31.9 Å². The van der Waals surface area contributed by atoms with Crippen molar-refractivity contribution in [1.82, 2.24) is 15.2 Å². The molecule has 3 N–H and O–H groups in total. The number of nitrogens with two attached hydrogens (primary N) is 1. The molecule has 0 aromatic carbocycles. The molecule has 25 heavy (non-hydrogen) atoms. The van der Waals surface area contributed by atoms with Crippen LogP contribution in [0, 0.1) is 5.92 Å².